The molecule has 23 heavy (non-hydrogen) atoms. The second-order valence-electron chi connectivity index (χ2n) is 5.25. The molecule has 4 nitrogen and oxygen atoms in total. The molecule has 0 aliphatic rings. The van der Waals surface area contributed by atoms with Crippen LogP contribution in [-0.4, -0.2) is 21.0 Å². The van der Waals surface area contributed by atoms with Gasteiger partial charge in [-0.25, -0.2) is 0 Å². The van der Waals surface area contributed by atoms with Gasteiger partial charge in [-0.05, 0) is 42.4 Å². The van der Waals surface area contributed by atoms with E-state index in [4.69, 9.17) is 47.0 Å². The molecule has 0 spiro atoms. The lowest BCUT2D eigenvalue weighted by atomic mass is 10.1. The average Bonchev–Trinajstić information content (AvgIpc) is 2.38. The summed E-state index contributed by atoms with van der Waals surface area (Å²) in [5, 5.41) is 8.63. The summed E-state index contributed by atoms with van der Waals surface area (Å²) in [6.07, 6.45) is -0.625. The van der Waals surface area contributed by atoms with E-state index >= 15 is 0 Å². The van der Waals surface area contributed by atoms with E-state index in [1.165, 1.54) is 0 Å². The molecule has 0 radical (unpaired) electrons. The molecule has 1 rings (SSSR count). The minimum atomic E-state index is -1.75. The van der Waals surface area contributed by atoms with Gasteiger partial charge in [-0.1, -0.05) is 64.6 Å². The van der Waals surface area contributed by atoms with Crippen molar-refractivity contribution in [2.75, 3.05) is 5.32 Å². The summed E-state index contributed by atoms with van der Waals surface area (Å²) >= 11 is 26.3. The molecule has 0 heterocycles. The van der Waals surface area contributed by atoms with E-state index in [1.807, 2.05) is 38.1 Å². The molecular weight excluding hydrogens is 445 g/mol. The van der Waals surface area contributed by atoms with Gasteiger partial charge in [0.2, 0.25) is 9.70 Å². The van der Waals surface area contributed by atoms with Crippen molar-refractivity contribution in [3.05, 3.63) is 28.7 Å². The van der Waals surface area contributed by atoms with Gasteiger partial charge >= 0.3 is 0 Å². The Morgan fingerprint density at radius 3 is 2.26 bits per heavy atom. The number of nitrogens with one attached hydrogen (secondary N) is 3. The van der Waals surface area contributed by atoms with Crippen LogP contribution in [-0.2, 0) is 4.79 Å². The van der Waals surface area contributed by atoms with Gasteiger partial charge in [0.1, 0.15) is 6.17 Å². The van der Waals surface area contributed by atoms with Crippen molar-refractivity contribution in [3.63, 3.8) is 0 Å². The Morgan fingerprint density at radius 2 is 1.78 bits per heavy atom. The number of carbonyl (C=O) groups is 1. The zero-order valence-electron chi connectivity index (χ0n) is 12.5. The summed E-state index contributed by atoms with van der Waals surface area (Å²) in [7, 11) is 0. The highest BCUT2D eigenvalue weighted by molar-refractivity contribution is 9.10. The fraction of sp³-hybridized carbons (Fsp3) is 0.429. The smallest absolute Gasteiger partial charge is 0.228 e. The van der Waals surface area contributed by atoms with Gasteiger partial charge in [-0.15, -0.1) is 0 Å². The number of carbonyl (C=O) groups excluding carboxylic acids is 1. The Kier molecular flexibility index (Phi) is 8.38. The number of hydrogen-bond acceptors (Lipinski definition) is 2. The van der Waals surface area contributed by atoms with Gasteiger partial charge in [0.25, 0.3) is 0 Å². The lowest BCUT2D eigenvalue weighted by molar-refractivity contribution is -0.122. The summed E-state index contributed by atoms with van der Waals surface area (Å²) in [4.78, 5) is 11.9. The minimum Gasteiger partial charge on any atom is -0.339 e. The summed E-state index contributed by atoms with van der Waals surface area (Å²) in [5.74, 6) is -0.0332. The van der Waals surface area contributed by atoms with Crippen LogP contribution in [0.1, 0.15) is 20.3 Å². The molecule has 1 amide bonds. The number of hydrogen-bond donors (Lipinski definition) is 3. The third-order valence-corrected chi connectivity index (χ3v) is 4.01. The monoisotopic (exact) mass is 459 g/mol. The van der Waals surface area contributed by atoms with Crippen molar-refractivity contribution in [2.24, 2.45) is 5.92 Å². The van der Waals surface area contributed by atoms with Gasteiger partial charge in [-0.2, -0.15) is 0 Å². The molecule has 0 aliphatic heterocycles. The molecule has 0 aliphatic carbocycles. The van der Waals surface area contributed by atoms with E-state index < -0.39 is 9.96 Å². The van der Waals surface area contributed by atoms with Crippen molar-refractivity contribution in [1.29, 1.82) is 0 Å². The largest absolute Gasteiger partial charge is 0.339 e. The van der Waals surface area contributed by atoms with E-state index in [-0.39, 0.29) is 16.9 Å². The van der Waals surface area contributed by atoms with Gasteiger partial charge in [0.05, 0.1) is 0 Å². The Morgan fingerprint density at radius 1 is 1.22 bits per heavy atom. The van der Waals surface area contributed by atoms with Crippen LogP contribution in [0.5, 0.6) is 0 Å². The molecule has 0 unspecified atom stereocenters. The van der Waals surface area contributed by atoms with Crippen LogP contribution < -0.4 is 16.0 Å². The molecule has 1 aromatic carbocycles. The molecule has 1 aromatic rings. The number of amides is 1. The highest BCUT2D eigenvalue weighted by atomic mass is 79.9. The first-order chi connectivity index (χ1) is 10.6. The average molecular weight is 462 g/mol. The molecule has 9 heteroatoms. The SMILES string of the molecule is CC(C)CC(=O)N[C@H](NC(=S)Nc1ccc(Br)cc1)C(Cl)(Cl)Cl. The van der Waals surface area contributed by atoms with Crippen molar-refractivity contribution >= 4 is 79.7 Å². The number of rotatable bonds is 5. The van der Waals surface area contributed by atoms with Crippen molar-refractivity contribution in [1.82, 2.24) is 10.6 Å². The molecule has 1 atom stereocenters. The molecule has 0 bridgehead atoms. The Bertz CT molecular complexity index is 549. The maximum atomic E-state index is 11.9. The molecule has 0 saturated heterocycles. The molecule has 0 fully saturated rings. The fourth-order valence-corrected chi connectivity index (χ4v) is 2.45. The maximum absolute atomic E-state index is 11.9. The molecular formula is C14H17BrCl3N3OS. The van der Waals surface area contributed by atoms with Gasteiger partial charge in [0.15, 0.2) is 5.11 Å². The Balaban J connectivity index is 2.67. The quantitative estimate of drug-likeness (QED) is 0.341. The lowest BCUT2D eigenvalue weighted by Gasteiger charge is -2.28. The minimum absolute atomic E-state index is 0.193. The first kappa shape index (κ1) is 20.8. The Labute approximate surface area is 164 Å². The number of thiocarbonyl (C=S) groups is 1. The van der Waals surface area contributed by atoms with Crippen LogP contribution in [0.15, 0.2) is 28.7 Å². The summed E-state index contributed by atoms with van der Waals surface area (Å²) in [6.45, 7) is 3.86. The second kappa shape index (κ2) is 9.28. The first-order valence-corrected chi connectivity index (χ1v) is 9.10. The first-order valence-electron chi connectivity index (χ1n) is 6.77. The Hall–Kier alpha value is -0.270. The third-order valence-electron chi connectivity index (χ3n) is 2.60. The van der Waals surface area contributed by atoms with E-state index in [0.717, 1.165) is 10.2 Å². The topological polar surface area (TPSA) is 53.2 Å². The maximum Gasteiger partial charge on any atom is 0.228 e. The van der Waals surface area contributed by atoms with E-state index in [9.17, 15) is 4.79 Å². The normalized spacial score (nSPS) is 12.7. The van der Waals surface area contributed by atoms with E-state index in [2.05, 4.69) is 31.9 Å². The van der Waals surface area contributed by atoms with Crippen LogP contribution in [0.3, 0.4) is 0 Å². The fourth-order valence-electron chi connectivity index (χ4n) is 1.62. The number of alkyl halides is 3. The summed E-state index contributed by atoms with van der Waals surface area (Å²) in [6, 6.07) is 7.39. The predicted molar refractivity (Wildman–Crippen MR) is 105 cm³/mol. The second-order valence-corrected chi connectivity index (χ2v) is 8.94. The number of anilines is 1. The van der Waals surface area contributed by atoms with Crippen LogP contribution >= 0.6 is 63.0 Å². The van der Waals surface area contributed by atoms with Crippen LogP contribution in [0, 0.1) is 5.92 Å². The van der Waals surface area contributed by atoms with Crippen molar-refractivity contribution in [2.45, 2.75) is 30.2 Å². The highest BCUT2D eigenvalue weighted by Crippen LogP contribution is 2.29. The third kappa shape index (κ3) is 8.40. The standard InChI is InChI=1S/C14H17BrCl3N3OS/c1-8(2)7-11(22)20-12(14(16,17)18)21-13(23)19-10-5-3-9(15)4-6-10/h3-6,8,12H,7H2,1-2H3,(H,20,22)(H2,19,21,23)/t12-/m1/s1. The number of halogens is 4. The van der Waals surface area contributed by atoms with E-state index in [1.54, 1.807) is 0 Å². The molecule has 0 saturated carbocycles. The summed E-state index contributed by atoms with van der Waals surface area (Å²) < 4.78 is -0.806. The van der Waals surface area contributed by atoms with Gasteiger partial charge < -0.3 is 16.0 Å². The van der Waals surface area contributed by atoms with Crippen molar-refractivity contribution in [3.8, 4) is 0 Å². The number of benzene rings is 1. The highest BCUT2D eigenvalue weighted by Gasteiger charge is 2.34. The van der Waals surface area contributed by atoms with Crippen molar-refractivity contribution < 1.29 is 4.79 Å². The molecule has 3 N–H and O–H groups in total. The van der Waals surface area contributed by atoms with Gasteiger partial charge in [0, 0.05) is 16.6 Å². The lowest BCUT2D eigenvalue weighted by Crippen LogP contribution is -2.56. The molecule has 128 valence electrons. The van der Waals surface area contributed by atoms with E-state index in [0.29, 0.717) is 6.42 Å². The zero-order valence-corrected chi connectivity index (χ0v) is 17.2. The van der Waals surface area contributed by atoms with Crippen LogP contribution in [0.2, 0.25) is 0 Å². The summed E-state index contributed by atoms with van der Waals surface area (Å²) in [5.41, 5.74) is 0.766. The van der Waals surface area contributed by atoms with Gasteiger partial charge in [-0.3, -0.25) is 4.79 Å². The predicted octanol–water partition coefficient (Wildman–Crippen LogP) is 4.59. The van der Waals surface area contributed by atoms with Crippen LogP contribution in [0.4, 0.5) is 5.69 Å². The zero-order chi connectivity index (χ0) is 17.6. The van der Waals surface area contributed by atoms with Crippen LogP contribution in [0.25, 0.3) is 0 Å². The molecule has 0 aromatic heterocycles.